The number of nitrogens with zero attached hydrogens (tertiary/aromatic N) is 1. The molecule has 3 aromatic rings. The van der Waals surface area contributed by atoms with Crippen molar-refractivity contribution in [2.45, 2.75) is 13.1 Å². The fourth-order valence-corrected chi connectivity index (χ4v) is 3.52. The number of fused-ring (bicyclic) bond motifs is 2. The van der Waals surface area contributed by atoms with Gasteiger partial charge in [0.05, 0.1) is 6.54 Å². The van der Waals surface area contributed by atoms with Gasteiger partial charge in [-0.3, -0.25) is 19.7 Å². The van der Waals surface area contributed by atoms with E-state index < -0.39 is 5.91 Å². The molecule has 0 fully saturated rings. The Balaban J connectivity index is 1.66. The quantitative estimate of drug-likeness (QED) is 0.495. The third-order valence-electron chi connectivity index (χ3n) is 4.78. The van der Waals surface area contributed by atoms with Gasteiger partial charge in [0.25, 0.3) is 5.91 Å². The van der Waals surface area contributed by atoms with Crippen LogP contribution < -0.4 is 10.8 Å². The van der Waals surface area contributed by atoms with Gasteiger partial charge in [0.2, 0.25) is 5.91 Å². The van der Waals surface area contributed by atoms with Crippen LogP contribution in [0.5, 0.6) is 0 Å². The lowest BCUT2D eigenvalue weighted by molar-refractivity contribution is -0.117. The molecular formula is C21H19N3O3. The first-order valence-corrected chi connectivity index (χ1v) is 8.70. The number of benzene rings is 3. The molecule has 0 saturated heterocycles. The minimum Gasteiger partial charge on any atom is -0.325 e. The lowest BCUT2D eigenvalue weighted by Crippen LogP contribution is -2.29. The van der Waals surface area contributed by atoms with Gasteiger partial charge in [0.15, 0.2) is 0 Å². The SMILES string of the molecule is O=C1CN(Cc2cccc3ccccc23)Cc2cc(C(=O)NO)ccc2N1. The maximum absolute atomic E-state index is 12.3. The average molecular weight is 361 g/mol. The molecule has 1 aliphatic heterocycles. The van der Waals surface area contributed by atoms with Gasteiger partial charge in [-0.1, -0.05) is 42.5 Å². The predicted octanol–water partition coefficient (Wildman–Crippen LogP) is 2.91. The molecule has 1 aliphatic rings. The third kappa shape index (κ3) is 3.53. The van der Waals surface area contributed by atoms with Gasteiger partial charge in [0.1, 0.15) is 0 Å². The Morgan fingerprint density at radius 2 is 1.89 bits per heavy atom. The highest BCUT2D eigenvalue weighted by Crippen LogP contribution is 2.25. The van der Waals surface area contributed by atoms with Gasteiger partial charge in [0, 0.05) is 24.3 Å². The molecule has 1 heterocycles. The number of carbonyl (C=O) groups is 2. The number of carbonyl (C=O) groups excluding carboxylic acids is 2. The van der Waals surface area contributed by atoms with Crippen molar-refractivity contribution in [1.29, 1.82) is 0 Å². The van der Waals surface area contributed by atoms with Crippen molar-refractivity contribution < 1.29 is 14.8 Å². The second-order valence-electron chi connectivity index (χ2n) is 6.64. The average Bonchev–Trinajstić information content (AvgIpc) is 2.84. The van der Waals surface area contributed by atoms with Crippen molar-refractivity contribution in [2.24, 2.45) is 0 Å². The number of hydroxylamine groups is 1. The molecule has 0 spiro atoms. The fourth-order valence-electron chi connectivity index (χ4n) is 3.52. The molecular weight excluding hydrogens is 342 g/mol. The molecule has 27 heavy (non-hydrogen) atoms. The lowest BCUT2D eigenvalue weighted by atomic mass is 10.0. The number of nitrogens with one attached hydrogen (secondary N) is 2. The summed E-state index contributed by atoms with van der Waals surface area (Å²) in [5.41, 5.74) is 4.66. The van der Waals surface area contributed by atoms with E-state index in [1.54, 1.807) is 23.7 Å². The van der Waals surface area contributed by atoms with E-state index in [1.807, 2.05) is 23.1 Å². The molecule has 136 valence electrons. The van der Waals surface area contributed by atoms with Crippen molar-refractivity contribution in [3.8, 4) is 0 Å². The second-order valence-corrected chi connectivity index (χ2v) is 6.64. The number of hydrogen-bond donors (Lipinski definition) is 3. The van der Waals surface area contributed by atoms with E-state index in [0.717, 1.165) is 16.5 Å². The van der Waals surface area contributed by atoms with Crippen LogP contribution in [-0.4, -0.2) is 28.5 Å². The molecule has 4 rings (SSSR count). The van der Waals surface area contributed by atoms with Gasteiger partial charge < -0.3 is 5.32 Å². The summed E-state index contributed by atoms with van der Waals surface area (Å²) in [5.74, 6) is -0.665. The van der Waals surface area contributed by atoms with Crippen LogP contribution in [0.15, 0.2) is 60.7 Å². The Kier molecular flexibility index (Phi) is 4.58. The van der Waals surface area contributed by atoms with Crippen molar-refractivity contribution in [2.75, 3.05) is 11.9 Å². The summed E-state index contributed by atoms with van der Waals surface area (Å²) in [6.45, 7) is 1.40. The van der Waals surface area contributed by atoms with E-state index >= 15 is 0 Å². The van der Waals surface area contributed by atoms with Crippen LogP contribution in [0, 0.1) is 0 Å². The zero-order valence-corrected chi connectivity index (χ0v) is 14.6. The molecule has 0 atom stereocenters. The molecule has 6 nitrogen and oxygen atoms in total. The predicted molar refractivity (Wildman–Crippen MR) is 102 cm³/mol. The smallest absolute Gasteiger partial charge is 0.274 e. The topological polar surface area (TPSA) is 81.7 Å². The first-order valence-electron chi connectivity index (χ1n) is 8.70. The zero-order chi connectivity index (χ0) is 18.8. The van der Waals surface area contributed by atoms with Crippen molar-refractivity contribution >= 4 is 28.3 Å². The first-order chi connectivity index (χ1) is 13.1. The molecule has 0 aliphatic carbocycles. The molecule has 3 aromatic carbocycles. The van der Waals surface area contributed by atoms with Gasteiger partial charge >= 0.3 is 0 Å². The van der Waals surface area contributed by atoms with E-state index in [0.29, 0.717) is 24.3 Å². The Morgan fingerprint density at radius 1 is 1.07 bits per heavy atom. The van der Waals surface area contributed by atoms with E-state index in [4.69, 9.17) is 5.21 Å². The highest BCUT2D eigenvalue weighted by Gasteiger charge is 2.21. The molecule has 0 bridgehead atoms. The molecule has 2 amide bonds. The summed E-state index contributed by atoms with van der Waals surface area (Å²) in [6.07, 6.45) is 0. The van der Waals surface area contributed by atoms with E-state index in [9.17, 15) is 9.59 Å². The Morgan fingerprint density at radius 3 is 2.74 bits per heavy atom. The third-order valence-corrected chi connectivity index (χ3v) is 4.78. The minimum atomic E-state index is -0.575. The molecule has 0 radical (unpaired) electrons. The van der Waals surface area contributed by atoms with Crippen molar-refractivity contribution in [3.63, 3.8) is 0 Å². The zero-order valence-electron chi connectivity index (χ0n) is 14.6. The highest BCUT2D eigenvalue weighted by atomic mass is 16.5. The summed E-state index contributed by atoms with van der Waals surface area (Å²) in [4.78, 5) is 26.1. The van der Waals surface area contributed by atoms with Crippen molar-refractivity contribution in [3.05, 3.63) is 77.4 Å². The highest BCUT2D eigenvalue weighted by molar-refractivity contribution is 5.97. The molecule has 3 N–H and O–H groups in total. The number of hydrogen-bond acceptors (Lipinski definition) is 4. The van der Waals surface area contributed by atoms with Gasteiger partial charge in [-0.25, -0.2) is 5.48 Å². The second kappa shape index (κ2) is 7.19. The van der Waals surface area contributed by atoms with Crippen LogP contribution in [0.2, 0.25) is 0 Å². The lowest BCUT2D eigenvalue weighted by Gasteiger charge is -2.20. The largest absolute Gasteiger partial charge is 0.325 e. The molecule has 0 saturated carbocycles. The van der Waals surface area contributed by atoms with E-state index in [-0.39, 0.29) is 12.5 Å². The normalized spacial score (nSPS) is 14.3. The van der Waals surface area contributed by atoms with Gasteiger partial charge in [-0.05, 0) is 40.1 Å². The Hall–Kier alpha value is -3.22. The van der Waals surface area contributed by atoms with Crippen molar-refractivity contribution in [1.82, 2.24) is 10.4 Å². The van der Waals surface area contributed by atoms with Gasteiger partial charge in [-0.2, -0.15) is 0 Å². The van der Waals surface area contributed by atoms with Crippen LogP contribution in [0.25, 0.3) is 10.8 Å². The minimum absolute atomic E-state index is 0.0895. The van der Waals surface area contributed by atoms with E-state index in [1.165, 1.54) is 5.39 Å². The first kappa shape index (κ1) is 17.2. The Labute approximate surface area is 156 Å². The number of amides is 2. The monoisotopic (exact) mass is 361 g/mol. The standard InChI is InChI=1S/C21H19N3O3/c25-20-13-24(11-16-6-3-5-14-4-1-2-7-18(14)16)12-17-10-15(21(26)23-27)8-9-19(17)22-20/h1-10,27H,11-13H2,(H,22,25)(H,23,26). The van der Waals surface area contributed by atoms with Crippen LogP contribution in [0.4, 0.5) is 5.69 Å². The summed E-state index contributed by atoms with van der Waals surface area (Å²) in [6, 6.07) is 19.3. The van der Waals surface area contributed by atoms with Crippen LogP contribution in [0.1, 0.15) is 21.5 Å². The summed E-state index contributed by atoms with van der Waals surface area (Å²) in [7, 11) is 0. The Bertz CT molecular complexity index is 1030. The fraction of sp³-hybridized carbons (Fsp3) is 0.143. The van der Waals surface area contributed by atoms with Gasteiger partial charge in [-0.15, -0.1) is 0 Å². The molecule has 0 unspecified atom stereocenters. The number of anilines is 1. The molecule has 0 aromatic heterocycles. The summed E-state index contributed by atoms with van der Waals surface area (Å²) < 4.78 is 0. The van der Waals surface area contributed by atoms with Crippen LogP contribution in [-0.2, 0) is 17.9 Å². The van der Waals surface area contributed by atoms with E-state index in [2.05, 4.69) is 29.6 Å². The maximum atomic E-state index is 12.3. The molecule has 6 heteroatoms. The maximum Gasteiger partial charge on any atom is 0.274 e. The van der Waals surface area contributed by atoms with Crippen LogP contribution in [0.3, 0.4) is 0 Å². The number of rotatable bonds is 3. The summed E-state index contributed by atoms with van der Waals surface area (Å²) in [5, 5.41) is 14.1. The van der Waals surface area contributed by atoms with Crippen LogP contribution >= 0.6 is 0 Å². The summed E-state index contributed by atoms with van der Waals surface area (Å²) >= 11 is 0.